The van der Waals surface area contributed by atoms with E-state index in [1.54, 1.807) is 0 Å². The summed E-state index contributed by atoms with van der Waals surface area (Å²) in [6.07, 6.45) is 7.08. The molecular formula is C19H21N. The van der Waals surface area contributed by atoms with Crippen molar-refractivity contribution in [1.82, 2.24) is 4.57 Å². The minimum absolute atomic E-state index is 0.864. The van der Waals surface area contributed by atoms with E-state index in [1.165, 1.54) is 60.5 Å². The van der Waals surface area contributed by atoms with E-state index in [1.807, 2.05) is 0 Å². The summed E-state index contributed by atoms with van der Waals surface area (Å²) in [6, 6.07) is 17.7. The van der Waals surface area contributed by atoms with E-state index in [9.17, 15) is 0 Å². The van der Waals surface area contributed by atoms with Crippen LogP contribution >= 0.6 is 0 Å². The van der Waals surface area contributed by atoms with E-state index in [-0.39, 0.29) is 0 Å². The summed E-state index contributed by atoms with van der Waals surface area (Å²) >= 11 is 0. The molecule has 1 aromatic heterocycles. The van der Waals surface area contributed by atoms with Crippen LogP contribution in [0.1, 0.15) is 32.1 Å². The minimum atomic E-state index is 0.864. The molecule has 1 aliphatic carbocycles. The van der Waals surface area contributed by atoms with Gasteiger partial charge in [0.1, 0.15) is 0 Å². The fourth-order valence-electron chi connectivity index (χ4n) is 3.83. The smallest absolute Gasteiger partial charge is 0.0491 e. The van der Waals surface area contributed by atoms with Crippen LogP contribution in [0.5, 0.6) is 0 Å². The summed E-state index contributed by atoms with van der Waals surface area (Å²) in [5.74, 6) is 0.864. The highest BCUT2D eigenvalue weighted by Crippen LogP contribution is 2.32. The van der Waals surface area contributed by atoms with Crippen molar-refractivity contribution in [3.8, 4) is 0 Å². The van der Waals surface area contributed by atoms with E-state index in [0.717, 1.165) is 5.92 Å². The lowest BCUT2D eigenvalue weighted by molar-refractivity contribution is 0.325. The Balaban J connectivity index is 1.86. The normalized spacial score (nSPS) is 17.0. The van der Waals surface area contributed by atoms with Gasteiger partial charge in [-0.15, -0.1) is 0 Å². The van der Waals surface area contributed by atoms with Gasteiger partial charge >= 0.3 is 0 Å². The summed E-state index contributed by atoms with van der Waals surface area (Å²) in [7, 11) is 0. The number of nitrogens with zero attached hydrogens (tertiary/aromatic N) is 1. The molecule has 1 aliphatic rings. The molecule has 3 aromatic rings. The van der Waals surface area contributed by atoms with Crippen LogP contribution in [0.4, 0.5) is 0 Å². The Hall–Kier alpha value is -1.76. The van der Waals surface area contributed by atoms with Crippen molar-refractivity contribution in [2.24, 2.45) is 5.92 Å². The Kier molecular flexibility index (Phi) is 2.99. The van der Waals surface area contributed by atoms with Crippen LogP contribution < -0.4 is 0 Å². The fraction of sp³-hybridized carbons (Fsp3) is 0.368. The molecule has 0 bridgehead atoms. The van der Waals surface area contributed by atoms with Gasteiger partial charge in [0.05, 0.1) is 0 Å². The number of fused-ring (bicyclic) bond motifs is 3. The molecule has 0 saturated heterocycles. The van der Waals surface area contributed by atoms with E-state index in [2.05, 4.69) is 53.1 Å². The number of para-hydroxylation sites is 2. The van der Waals surface area contributed by atoms with E-state index in [4.69, 9.17) is 0 Å². The lowest BCUT2D eigenvalue weighted by Gasteiger charge is -2.23. The van der Waals surface area contributed by atoms with Crippen LogP contribution in [0, 0.1) is 5.92 Å². The predicted octanol–water partition coefficient (Wildman–Crippen LogP) is 5.37. The molecule has 0 radical (unpaired) electrons. The molecule has 1 heteroatoms. The molecular weight excluding hydrogens is 242 g/mol. The van der Waals surface area contributed by atoms with Crippen molar-refractivity contribution >= 4 is 21.8 Å². The van der Waals surface area contributed by atoms with Gasteiger partial charge in [-0.2, -0.15) is 0 Å². The summed E-state index contributed by atoms with van der Waals surface area (Å²) in [5, 5.41) is 2.80. The zero-order chi connectivity index (χ0) is 13.4. The molecule has 1 nitrogen and oxygen atoms in total. The molecule has 0 aliphatic heterocycles. The Morgan fingerprint density at radius 1 is 0.750 bits per heavy atom. The highest BCUT2D eigenvalue weighted by atomic mass is 15.0. The van der Waals surface area contributed by atoms with Crippen molar-refractivity contribution in [2.75, 3.05) is 0 Å². The van der Waals surface area contributed by atoms with Gasteiger partial charge in [-0.05, 0) is 30.9 Å². The first-order valence-corrected chi connectivity index (χ1v) is 7.89. The van der Waals surface area contributed by atoms with Crippen molar-refractivity contribution in [1.29, 1.82) is 0 Å². The van der Waals surface area contributed by atoms with Crippen LogP contribution in [-0.4, -0.2) is 4.57 Å². The molecule has 0 unspecified atom stereocenters. The molecule has 1 heterocycles. The highest BCUT2D eigenvalue weighted by Gasteiger charge is 2.17. The van der Waals surface area contributed by atoms with E-state index in [0.29, 0.717) is 0 Å². The quantitative estimate of drug-likeness (QED) is 0.585. The van der Waals surface area contributed by atoms with Gasteiger partial charge in [-0.1, -0.05) is 55.7 Å². The molecule has 4 rings (SSSR count). The third-order valence-corrected chi connectivity index (χ3v) is 4.85. The number of aromatic nitrogens is 1. The maximum Gasteiger partial charge on any atom is 0.0491 e. The lowest BCUT2D eigenvalue weighted by atomic mass is 9.89. The van der Waals surface area contributed by atoms with E-state index < -0.39 is 0 Å². The molecule has 1 saturated carbocycles. The maximum absolute atomic E-state index is 2.56. The lowest BCUT2D eigenvalue weighted by Crippen LogP contribution is -2.13. The molecule has 102 valence electrons. The average molecular weight is 263 g/mol. The molecule has 1 fully saturated rings. The SMILES string of the molecule is c1ccc2c(c1)c1ccccc1n2CC1CCCCC1. The fourth-order valence-corrected chi connectivity index (χ4v) is 3.83. The van der Waals surface area contributed by atoms with Crippen LogP contribution in [0.2, 0.25) is 0 Å². The zero-order valence-corrected chi connectivity index (χ0v) is 11.9. The van der Waals surface area contributed by atoms with E-state index >= 15 is 0 Å². The summed E-state index contributed by atoms with van der Waals surface area (Å²) in [4.78, 5) is 0. The number of hydrogen-bond donors (Lipinski definition) is 0. The second-order valence-electron chi connectivity index (χ2n) is 6.15. The largest absolute Gasteiger partial charge is 0.340 e. The molecule has 0 atom stereocenters. The second-order valence-corrected chi connectivity index (χ2v) is 6.15. The second kappa shape index (κ2) is 4.97. The standard InChI is InChI=1S/C19H21N/c1-2-8-15(9-3-1)14-20-18-12-6-4-10-16(18)17-11-5-7-13-19(17)20/h4-7,10-13,15H,1-3,8-9,14H2. The summed E-state index contributed by atoms with van der Waals surface area (Å²) < 4.78 is 2.56. The third-order valence-electron chi connectivity index (χ3n) is 4.85. The maximum atomic E-state index is 2.56. The average Bonchev–Trinajstić information content (AvgIpc) is 2.84. The first kappa shape index (κ1) is 12.0. The Bertz CT molecular complexity index is 678. The van der Waals surface area contributed by atoms with Gasteiger partial charge in [-0.3, -0.25) is 0 Å². The van der Waals surface area contributed by atoms with Gasteiger partial charge in [-0.25, -0.2) is 0 Å². The number of rotatable bonds is 2. The van der Waals surface area contributed by atoms with Gasteiger partial charge in [0, 0.05) is 28.4 Å². The monoisotopic (exact) mass is 263 g/mol. The van der Waals surface area contributed by atoms with Gasteiger partial charge in [0.15, 0.2) is 0 Å². The van der Waals surface area contributed by atoms with Crippen LogP contribution in [0.3, 0.4) is 0 Å². The Morgan fingerprint density at radius 3 is 1.90 bits per heavy atom. The van der Waals surface area contributed by atoms with Gasteiger partial charge in [0.2, 0.25) is 0 Å². The third kappa shape index (κ3) is 1.93. The molecule has 20 heavy (non-hydrogen) atoms. The minimum Gasteiger partial charge on any atom is -0.340 e. The van der Waals surface area contributed by atoms with Crippen LogP contribution in [-0.2, 0) is 6.54 Å². The zero-order valence-electron chi connectivity index (χ0n) is 11.9. The van der Waals surface area contributed by atoms with Crippen LogP contribution in [0.15, 0.2) is 48.5 Å². The Labute approximate surface area is 120 Å². The molecule has 0 amide bonds. The first-order chi connectivity index (χ1) is 9.93. The predicted molar refractivity (Wildman–Crippen MR) is 86.0 cm³/mol. The number of hydrogen-bond acceptors (Lipinski definition) is 0. The summed E-state index contributed by atoms with van der Waals surface area (Å²) in [6.45, 7) is 1.19. The van der Waals surface area contributed by atoms with Crippen molar-refractivity contribution in [3.05, 3.63) is 48.5 Å². The van der Waals surface area contributed by atoms with Gasteiger partial charge in [0.25, 0.3) is 0 Å². The highest BCUT2D eigenvalue weighted by molar-refractivity contribution is 6.07. The Morgan fingerprint density at radius 2 is 1.30 bits per heavy atom. The molecule has 2 aromatic carbocycles. The van der Waals surface area contributed by atoms with Crippen LogP contribution in [0.25, 0.3) is 21.8 Å². The van der Waals surface area contributed by atoms with Crippen molar-refractivity contribution in [3.63, 3.8) is 0 Å². The van der Waals surface area contributed by atoms with Crippen molar-refractivity contribution < 1.29 is 0 Å². The topological polar surface area (TPSA) is 4.93 Å². The van der Waals surface area contributed by atoms with Gasteiger partial charge < -0.3 is 4.57 Å². The van der Waals surface area contributed by atoms with Crippen molar-refractivity contribution in [2.45, 2.75) is 38.6 Å². The summed E-state index contributed by atoms with van der Waals surface area (Å²) in [5.41, 5.74) is 2.80. The molecule has 0 spiro atoms. The number of benzene rings is 2. The first-order valence-electron chi connectivity index (χ1n) is 7.89. The molecule has 0 N–H and O–H groups in total.